The minimum atomic E-state index is -0.706. The number of anilines is 2. The van der Waals surface area contributed by atoms with Gasteiger partial charge in [0.25, 0.3) is 5.91 Å². The number of amides is 1. The Morgan fingerprint density at radius 3 is 2.79 bits per heavy atom. The second-order valence-electron chi connectivity index (χ2n) is 8.81. The lowest BCUT2D eigenvalue weighted by Crippen LogP contribution is -2.51. The van der Waals surface area contributed by atoms with E-state index >= 15 is 0 Å². The number of nitrogens with one attached hydrogen (secondary N) is 1. The number of allylic oxidation sites excluding steroid dienone is 4. The minimum absolute atomic E-state index is 0.132. The van der Waals surface area contributed by atoms with E-state index in [1.165, 1.54) is 11.0 Å². The van der Waals surface area contributed by atoms with Crippen LogP contribution in [0.5, 0.6) is 5.75 Å². The maximum Gasteiger partial charge on any atom is 0.265 e. The number of likely N-dealkylation sites (tertiary alicyclic amines) is 1. The molecule has 1 aromatic rings. The molecule has 9 heteroatoms. The molecule has 7 nitrogen and oxygen atoms in total. The van der Waals surface area contributed by atoms with E-state index in [2.05, 4.69) is 11.4 Å². The van der Waals surface area contributed by atoms with E-state index < -0.39 is 11.5 Å². The molecule has 0 radical (unpaired) electrons. The average molecular weight is 470 g/mol. The van der Waals surface area contributed by atoms with Gasteiger partial charge in [-0.05, 0) is 49.8 Å². The van der Waals surface area contributed by atoms with E-state index in [-0.39, 0.29) is 17.7 Å². The number of halogens is 2. The van der Waals surface area contributed by atoms with Crippen LogP contribution in [0, 0.1) is 34.1 Å². The summed E-state index contributed by atoms with van der Waals surface area (Å²) in [5, 5.41) is 22.6. The van der Waals surface area contributed by atoms with Crippen LogP contribution in [0.1, 0.15) is 25.7 Å². The number of fused-ring (bicyclic) bond motifs is 1. The zero-order valence-corrected chi connectivity index (χ0v) is 19.1. The third kappa shape index (κ3) is 4.77. The van der Waals surface area contributed by atoms with Crippen LogP contribution in [0.15, 0.2) is 36.2 Å². The number of nitriles is 2. The van der Waals surface area contributed by atoms with E-state index in [1.807, 2.05) is 12.3 Å². The fourth-order valence-electron chi connectivity index (χ4n) is 4.64. The first kappa shape index (κ1) is 22.9. The molecule has 3 aliphatic rings. The van der Waals surface area contributed by atoms with Gasteiger partial charge in [0.15, 0.2) is 12.3 Å². The minimum Gasteiger partial charge on any atom is -0.476 e. The lowest BCUT2D eigenvalue weighted by Gasteiger charge is -2.40. The van der Waals surface area contributed by atoms with Gasteiger partial charge >= 0.3 is 0 Å². The summed E-state index contributed by atoms with van der Waals surface area (Å²) in [6, 6.07) is 5.82. The van der Waals surface area contributed by atoms with Crippen molar-refractivity contribution < 1.29 is 13.9 Å². The van der Waals surface area contributed by atoms with Gasteiger partial charge in [0, 0.05) is 26.2 Å². The molecule has 0 aromatic heterocycles. The Hall–Kier alpha value is -3.23. The summed E-state index contributed by atoms with van der Waals surface area (Å²) in [5.41, 5.74) is 0.655. The smallest absolute Gasteiger partial charge is 0.265 e. The molecular weight excluding hydrogens is 445 g/mol. The van der Waals surface area contributed by atoms with Gasteiger partial charge in [-0.15, -0.1) is 0 Å². The molecule has 0 saturated carbocycles. The molecule has 172 valence electrons. The molecule has 2 atom stereocenters. The Morgan fingerprint density at radius 2 is 2.15 bits per heavy atom. The van der Waals surface area contributed by atoms with E-state index in [9.17, 15) is 14.4 Å². The molecule has 2 heterocycles. The van der Waals surface area contributed by atoms with Crippen molar-refractivity contribution in [3.8, 4) is 18.0 Å². The van der Waals surface area contributed by atoms with E-state index in [1.54, 1.807) is 30.2 Å². The highest BCUT2D eigenvalue weighted by Crippen LogP contribution is 2.41. The van der Waals surface area contributed by atoms with Gasteiger partial charge in [0.2, 0.25) is 0 Å². The molecule has 4 rings (SSSR count). The third-order valence-electron chi connectivity index (χ3n) is 6.65. The van der Waals surface area contributed by atoms with Crippen LogP contribution >= 0.6 is 11.6 Å². The fraction of sp³-hybridized carbons (Fsp3) is 0.458. The summed E-state index contributed by atoms with van der Waals surface area (Å²) in [6.07, 6.45) is 8.59. The number of carbonyl (C=O) groups excluding carboxylic acids is 1. The van der Waals surface area contributed by atoms with Gasteiger partial charge in [0.05, 0.1) is 34.4 Å². The van der Waals surface area contributed by atoms with Crippen molar-refractivity contribution in [3.63, 3.8) is 0 Å². The van der Waals surface area contributed by atoms with Gasteiger partial charge in [-0.3, -0.25) is 9.69 Å². The first-order chi connectivity index (χ1) is 15.8. The van der Waals surface area contributed by atoms with Crippen LogP contribution in [-0.2, 0) is 4.79 Å². The van der Waals surface area contributed by atoms with Crippen molar-refractivity contribution in [2.75, 3.05) is 36.9 Å². The van der Waals surface area contributed by atoms with Crippen LogP contribution in [0.2, 0.25) is 5.02 Å². The van der Waals surface area contributed by atoms with Crippen molar-refractivity contribution in [3.05, 3.63) is 41.2 Å². The summed E-state index contributed by atoms with van der Waals surface area (Å²) in [6.45, 7) is 1.26. The molecule has 1 amide bonds. The number of piperidine rings is 1. The molecule has 1 saturated heterocycles. The summed E-state index contributed by atoms with van der Waals surface area (Å²) in [4.78, 5) is 16.2. The number of hydrogen-bond acceptors (Lipinski definition) is 6. The number of nitrogens with zero attached hydrogens (tertiary/aromatic N) is 4. The Morgan fingerprint density at radius 1 is 1.39 bits per heavy atom. The topological polar surface area (TPSA) is 92.4 Å². The number of rotatable bonds is 4. The van der Waals surface area contributed by atoms with Crippen LogP contribution in [0.3, 0.4) is 0 Å². The van der Waals surface area contributed by atoms with Crippen LogP contribution in [-0.4, -0.2) is 43.6 Å². The molecule has 1 fully saturated rings. The van der Waals surface area contributed by atoms with Crippen molar-refractivity contribution in [2.45, 2.75) is 31.8 Å². The van der Waals surface area contributed by atoms with Gasteiger partial charge in [-0.1, -0.05) is 17.7 Å². The van der Waals surface area contributed by atoms with E-state index in [0.717, 1.165) is 0 Å². The van der Waals surface area contributed by atoms with Crippen LogP contribution in [0.4, 0.5) is 15.8 Å². The normalized spacial score (nSPS) is 23.2. The SMILES string of the molecule is CN(C#N)c1cc2c(cc1Cl)NCC(C(=O)N1CCC(C#N)(CC3C=CC(F)=CC3)CC1)O2. The summed E-state index contributed by atoms with van der Waals surface area (Å²) in [5.74, 6) is 0.247. The summed E-state index contributed by atoms with van der Waals surface area (Å²) in [7, 11) is 1.59. The number of ether oxygens (including phenoxy) is 1. The molecule has 33 heavy (non-hydrogen) atoms. The van der Waals surface area contributed by atoms with Crippen molar-refractivity contribution >= 4 is 28.9 Å². The summed E-state index contributed by atoms with van der Waals surface area (Å²) < 4.78 is 19.2. The van der Waals surface area contributed by atoms with Crippen molar-refractivity contribution in [2.24, 2.45) is 11.3 Å². The Labute approximate surface area is 197 Å². The quantitative estimate of drug-likeness (QED) is 0.519. The molecule has 0 bridgehead atoms. The van der Waals surface area contributed by atoms with E-state index in [0.29, 0.717) is 67.5 Å². The largest absolute Gasteiger partial charge is 0.476 e. The van der Waals surface area contributed by atoms with Gasteiger partial charge < -0.3 is 15.0 Å². The molecule has 1 N–H and O–H groups in total. The monoisotopic (exact) mass is 469 g/mol. The molecule has 2 unspecified atom stereocenters. The number of benzene rings is 1. The molecule has 0 spiro atoms. The maximum absolute atomic E-state index is 13.2. The zero-order valence-electron chi connectivity index (χ0n) is 18.4. The predicted molar refractivity (Wildman–Crippen MR) is 123 cm³/mol. The highest BCUT2D eigenvalue weighted by atomic mass is 35.5. The lowest BCUT2D eigenvalue weighted by atomic mass is 9.72. The average Bonchev–Trinajstić information content (AvgIpc) is 2.84. The molecule has 2 aliphatic heterocycles. The zero-order chi connectivity index (χ0) is 23.6. The highest BCUT2D eigenvalue weighted by molar-refractivity contribution is 6.33. The molecular formula is C24H25ClFN5O2. The standard InChI is InChI=1S/C24H25ClFN5O2/c1-30(15-28)20-11-21-19(10-18(20)25)29-13-22(33-21)23(32)31-8-6-24(14-27,7-9-31)12-16-2-4-17(26)5-3-16/h2,4-5,10-11,16,22,29H,3,6-9,12-13H2,1H3. The maximum atomic E-state index is 13.2. The number of carbonyl (C=O) groups is 1. The van der Waals surface area contributed by atoms with Gasteiger partial charge in [-0.25, -0.2) is 4.39 Å². The Bertz CT molecular complexity index is 1080. The van der Waals surface area contributed by atoms with Crippen LogP contribution < -0.4 is 15.0 Å². The summed E-state index contributed by atoms with van der Waals surface area (Å²) >= 11 is 6.26. The predicted octanol–water partition coefficient (Wildman–Crippen LogP) is 4.38. The fourth-order valence-corrected chi connectivity index (χ4v) is 4.93. The second-order valence-corrected chi connectivity index (χ2v) is 9.22. The Balaban J connectivity index is 1.39. The Kier molecular flexibility index (Phi) is 6.49. The van der Waals surface area contributed by atoms with E-state index in [4.69, 9.17) is 21.6 Å². The number of hydrogen-bond donors (Lipinski definition) is 1. The second kappa shape index (κ2) is 9.33. The first-order valence-corrected chi connectivity index (χ1v) is 11.3. The van der Waals surface area contributed by atoms with Gasteiger partial charge in [-0.2, -0.15) is 10.5 Å². The van der Waals surface area contributed by atoms with Crippen LogP contribution in [0.25, 0.3) is 0 Å². The molecule has 1 aliphatic carbocycles. The van der Waals surface area contributed by atoms with Gasteiger partial charge in [0.1, 0.15) is 11.6 Å². The molecule has 1 aromatic carbocycles. The van der Waals surface area contributed by atoms with Crippen molar-refractivity contribution in [1.82, 2.24) is 4.90 Å². The van der Waals surface area contributed by atoms with Crippen molar-refractivity contribution in [1.29, 1.82) is 10.5 Å². The first-order valence-electron chi connectivity index (χ1n) is 11.0. The highest BCUT2D eigenvalue weighted by Gasteiger charge is 2.40. The lowest BCUT2D eigenvalue weighted by molar-refractivity contribution is -0.140. The third-order valence-corrected chi connectivity index (χ3v) is 6.95.